The molecule has 0 aliphatic heterocycles. The molecule has 3 rings (SSSR count). The molecule has 1 unspecified atom stereocenters. The maximum absolute atomic E-state index is 6.34. The molecule has 0 amide bonds. The van der Waals surface area contributed by atoms with Gasteiger partial charge in [0.05, 0.1) is 10.4 Å². The van der Waals surface area contributed by atoms with Crippen LogP contribution in [0.15, 0.2) is 24.3 Å². The van der Waals surface area contributed by atoms with Crippen LogP contribution in [0.2, 0.25) is 4.34 Å². The molecule has 1 aliphatic rings. The van der Waals surface area contributed by atoms with Gasteiger partial charge in [-0.05, 0) is 54.5 Å². The number of halogens is 1. The first-order valence-corrected chi connectivity index (χ1v) is 7.47. The van der Waals surface area contributed by atoms with Crippen molar-refractivity contribution in [3.8, 4) is 0 Å². The molecule has 1 aromatic carbocycles. The van der Waals surface area contributed by atoms with Crippen LogP contribution in [0.1, 0.15) is 39.6 Å². The van der Waals surface area contributed by atoms with Crippen LogP contribution in [0.3, 0.4) is 0 Å². The Kier molecular flexibility index (Phi) is 3.18. The molecule has 0 bridgehead atoms. The highest BCUT2D eigenvalue weighted by Gasteiger charge is 2.16. The van der Waals surface area contributed by atoms with Gasteiger partial charge in [-0.25, -0.2) is 0 Å². The van der Waals surface area contributed by atoms with Crippen molar-refractivity contribution >= 4 is 22.9 Å². The third-order valence-corrected chi connectivity index (χ3v) is 5.30. The second-order valence-electron chi connectivity index (χ2n) is 4.96. The molecule has 1 atom stereocenters. The fraction of sp³-hybridized carbons (Fsp3) is 0.333. The van der Waals surface area contributed by atoms with Crippen LogP contribution in [0, 0.1) is 6.92 Å². The molecule has 3 heteroatoms. The maximum atomic E-state index is 6.34. The molecule has 2 N–H and O–H groups in total. The number of hydrogen-bond acceptors (Lipinski definition) is 2. The van der Waals surface area contributed by atoms with Crippen molar-refractivity contribution in [2.45, 2.75) is 32.2 Å². The number of hydrogen-bond donors (Lipinski definition) is 1. The lowest BCUT2D eigenvalue weighted by molar-refractivity contribution is 0.886. The summed E-state index contributed by atoms with van der Waals surface area (Å²) in [5.41, 5.74) is 11.6. The van der Waals surface area contributed by atoms with Gasteiger partial charge in [-0.15, -0.1) is 11.3 Å². The Morgan fingerprint density at radius 1 is 1.22 bits per heavy atom. The Balaban J connectivity index is 1.94. The molecule has 1 heterocycles. The largest absolute Gasteiger partial charge is 0.320 e. The third-order valence-electron chi connectivity index (χ3n) is 3.66. The molecule has 0 saturated heterocycles. The van der Waals surface area contributed by atoms with Gasteiger partial charge in [0.25, 0.3) is 0 Å². The van der Waals surface area contributed by atoms with Gasteiger partial charge in [0.2, 0.25) is 0 Å². The van der Waals surface area contributed by atoms with Gasteiger partial charge in [0.1, 0.15) is 0 Å². The van der Waals surface area contributed by atoms with Crippen molar-refractivity contribution in [2.24, 2.45) is 5.73 Å². The summed E-state index contributed by atoms with van der Waals surface area (Å²) in [5, 5.41) is 0. The summed E-state index contributed by atoms with van der Waals surface area (Å²) in [6.45, 7) is 2.03. The average Bonchev–Trinajstić information content (AvgIpc) is 2.95. The van der Waals surface area contributed by atoms with Crippen molar-refractivity contribution in [2.75, 3.05) is 0 Å². The van der Waals surface area contributed by atoms with E-state index in [9.17, 15) is 0 Å². The van der Waals surface area contributed by atoms with Crippen LogP contribution in [0.4, 0.5) is 0 Å². The first-order valence-electron chi connectivity index (χ1n) is 6.28. The van der Waals surface area contributed by atoms with E-state index in [1.807, 2.05) is 6.92 Å². The second-order valence-corrected chi connectivity index (χ2v) is 6.65. The molecule has 0 saturated carbocycles. The van der Waals surface area contributed by atoms with E-state index < -0.39 is 0 Å². The first kappa shape index (κ1) is 12.2. The van der Waals surface area contributed by atoms with E-state index in [0.29, 0.717) is 0 Å². The van der Waals surface area contributed by atoms with E-state index in [4.69, 9.17) is 17.3 Å². The minimum Gasteiger partial charge on any atom is -0.320 e. The zero-order valence-corrected chi connectivity index (χ0v) is 11.9. The fourth-order valence-corrected chi connectivity index (χ4v) is 3.83. The van der Waals surface area contributed by atoms with E-state index in [2.05, 4.69) is 24.3 Å². The van der Waals surface area contributed by atoms with Crippen LogP contribution < -0.4 is 5.73 Å². The Morgan fingerprint density at radius 3 is 2.72 bits per heavy atom. The zero-order chi connectivity index (χ0) is 12.7. The van der Waals surface area contributed by atoms with Crippen molar-refractivity contribution in [1.29, 1.82) is 0 Å². The lowest BCUT2D eigenvalue weighted by Gasteiger charge is -2.11. The maximum Gasteiger partial charge on any atom is 0.0961 e. The van der Waals surface area contributed by atoms with Gasteiger partial charge < -0.3 is 5.73 Å². The summed E-state index contributed by atoms with van der Waals surface area (Å²) < 4.78 is 0.849. The number of rotatable bonds is 2. The van der Waals surface area contributed by atoms with Gasteiger partial charge in [-0.2, -0.15) is 0 Å². The average molecular weight is 278 g/mol. The van der Waals surface area contributed by atoms with Gasteiger partial charge in [-0.3, -0.25) is 0 Å². The van der Waals surface area contributed by atoms with E-state index in [1.165, 1.54) is 36.0 Å². The molecule has 94 valence electrons. The Morgan fingerprint density at radius 2 is 2.00 bits per heavy atom. The van der Waals surface area contributed by atoms with Gasteiger partial charge in [0.15, 0.2) is 0 Å². The normalized spacial score (nSPS) is 15.7. The van der Waals surface area contributed by atoms with Crippen molar-refractivity contribution in [3.05, 3.63) is 55.7 Å². The van der Waals surface area contributed by atoms with Crippen LogP contribution in [-0.4, -0.2) is 0 Å². The predicted octanol–water partition coefficient (Wildman–Crippen LogP) is 4.25. The summed E-state index contributed by atoms with van der Waals surface area (Å²) in [5.74, 6) is 0. The predicted molar refractivity (Wildman–Crippen MR) is 78.6 cm³/mol. The van der Waals surface area contributed by atoms with Crippen molar-refractivity contribution in [1.82, 2.24) is 0 Å². The number of thiophene rings is 1. The Labute approximate surface area is 117 Å². The minimum absolute atomic E-state index is 0.0490. The molecular formula is C15H16ClNS. The smallest absolute Gasteiger partial charge is 0.0961 e. The van der Waals surface area contributed by atoms with Gasteiger partial charge >= 0.3 is 0 Å². The summed E-state index contributed by atoms with van der Waals surface area (Å²) in [4.78, 5) is 1.15. The van der Waals surface area contributed by atoms with Crippen molar-refractivity contribution < 1.29 is 0 Å². The van der Waals surface area contributed by atoms with Crippen LogP contribution in [0.5, 0.6) is 0 Å². The summed E-state index contributed by atoms with van der Waals surface area (Å²) in [6, 6.07) is 8.73. The molecule has 0 spiro atoms. The monoisotopic (exact) mass is 277 g/mol. The Bertz CT molecular complexity index is 569. The number of aryl methyl sites for hydroxylation is 3. The highest BCUT2D eigenvalue weighted by atomic mass is 35.5. The quantitative estimate of drug-likeness (QED) is 0.873. The second kappa shape index (κ2) is 4.69. The molecule has 18 heavy (non-hydrogen) atoms. The molecular weight excluding hydrogens is 262 g/mol. The molecule has 1 aliphatic carbocycles. The third kappa shape index (κ3) is 2.09. The van der Waals surface area contributed by atoms with Crippen LogP contribution in [-0.2, 0) is 12.8 Å². The lowest BCUT2D eigenvalue weighted by atomic mass is 10.0. The highest BCUT2D eigenvalue weighted by Crippen LogP contribution is 2.34. The SMILES string of the molecule is Cc1cc(C(N)c2ccc3c(c2)CCC3)sc1Cl. The van der Waals surface area contributed by atoms with E-state index in [1.54, 1.807) is 11.3 Å². The van der Waals surface area contributed by atoms with E-state index in [0.717, 1.165) is 14.8 Å². The molecule has 0 fully saturated rings. The Hall–Kier alpha value is -0.830. The molecule has 0 radical (unpaired) electrons. The van der Waals surface area contributed by atoms with Gasteiger partial charge in [0, 0.05) is 4.88 Å². The lowest BCUT2D eigenvalue weighted by Crippen LogP contribution is -2.10. The molecule has 1 aromatic heterocycles. The minimum atomic E-state index is -0.0490. The molecule has 1 nitrogen and oxygen atoms in total. The summed E-state index contributed by atoms with van der Waals surface area (Å²) in [7, 11) is 0. The topological polar surface area (TPSA) is 26.0 Å². The van der Waals surface area contributed by atoms with E-state index >= 15 is 0 Å². The van der Waals surface area contributed by atoms with Crippen molar-refractivity contribution in [3.63, 3.8) is 0 Å². The summed E-state index contributed by atoms with van der Waals surface area (Å²) in [6.07, 6.45) is 3.69. The zero-order valence-electron chi connectivity index (χ0n) is 10.4. The summed E-state index contributed by atoms with van der Waals surface area (Å²) >= 11 is 7.71. The number of nitrogens with two attached hydrogens (primary N) is 1. The van der Waals surface area contributed by atoms with Gasteiger partial charge in [-0.1, -0.05) is 29.8 Å². The molecule has 2 aromatic rings. The standard InChI is InChI=1S/C15H16ClNS/c1-9-7-13(18-15(9)16)14(17)12-6-5-10-3-2-4-11(10)8-12/h5-8,14H,2-4,17H2,1H3. The van der Waals surface area contributed by atoms with Crippen LogP contribution in [0.25, 0.3) is 0 Å². The van der Waals surface area contributed by atoms with E-state index in [-0.39, 0.29) is 6.04 Å². The fourth-order valence-electron chi connectivity index (χ4n) is 2.59. The number of benzene rings is 1. The highest BCUT2D eigenvalue weighted by molar-refractivity contribution is 7.16. The van der Waals surface area contributed by atoms with Crippen LogP contribution >= 0.6 is 22.9 Å². The number of fused-ring (bicyclic) bond motifs is 1. The first-order chi connectivity index (χ1) is 8.65.